The molecule has 0 saturated heterocycles. The molecule has 182 valence electrons. The second-order valence-electron chi connectivity index (χ2n) is 11.0. The monoisotopic (exact) mass is 468 g/mol. The fraction of sp³-hybridized carbons (Fsp3) is 0.500. The molecule has 34 heavy (non-hydrogen) atoms. The summed E-state index contributed by atoms with van der Waals surface area (Å²) in [4.78, 5) is 40.1. The molecule has 1 aromatic carbocycles. The van der Waals surface area contributed by atoms with E-state index in [0.29, 0.717) is 17.5 Å². The number of fused-ring (bicyclic) bond motifs is 1. The number of carbonyl (C=O) groups is 3. The van der Waals surface area contributed by atoms with Crippen LogP contribution in [-0.4, -0.2) is 51.9 Å². The van der Waals surface area contributed by atoms with E-state index in [1.807, 2.05) is 39.0 Å². The minimum absolute atomic E-state index is 0.357. The Morgan fingerprint density at radius 1 is 1.12 bits per heavy atom. The Morgan fingerprint density at radius 3 is 2.32 bits per heavy atom. The quantitative estimate of drug-likeness (QED) is 0.436. The van der Waals surface area contributed by atoms with Crippen molar-refractivity contribution in [3.8, 4) is 0 Å². The van der Waals surface area contributed by atoms with Gasteiger partial charge in [-0.25, -0.2) is 14.4 Å². The molecule has 8 nitrogen and oxygen atoms in total. The number of hydrogen-bond acceptors (Lipinski definition) is 6. The zero-order chi connectivity index (χ0) is 25.2. The minimum atomic E-state index is -1.19. The van der Waals surface area contributed by atoms with Gasteiger partial charge in [-0.2, -0.15) is 0 Å². The summed E-state index contributed by atoms with van der Waals surface area (Å²) in [6, 6.07) is 4.96. The van der Waals surface area contributed by atoms with E-state index in [1.165, 1.54) is 9.47 Å². The van der Waals surface area contributed by atoms with Gasteiger partial charge in [-0.1, -0.05) is 12.1 Å². The summed E-state index contributed by atoms with van der Waals surface area (Å²) in [5.41, 5.74) is 0.169. The summed E-state index contributed by atoms with van der Waals surface area (Å²) >= 11 is 0. The van der Waals surface area contributed by atoms with Gasteiger partial charge in [0.05, 0.1) is 11.6 Å². The zero-order valence-electron chi connectivity index (χ0n) is 21.0. The van der Waals surface area contributed by atoms with Crippen molar-refractivity contribution in [2.75, 3.05) is 7.05 Å². The van der Waals surface area contributed by atoms with Crippen molar-refractivity contribution in [2.45, 2.75) is 77.7 Å². The number of esters is 1. The lowest BCUT2D eigenvalue weighted by atomic mass is 9.75. The molecule has 0 saturated carbocycles. The molecule has 4 rings (SSSR count). The fourth-order valence-corrected chi connectivity index (χ4v) is 4.68. The standard InChI is InChI=1S/C26H32N2O6/c1-15-13-26(32-21(15)29)17-10-9-11-18-20(17)16(14-28(18)23(31)34-25(5,6)7)12-19(26)27(8)22(30)33-24(2,3)4/h9-11,13-14,19H,12H2,1-8H3/t19-,26+/m1/s1. The highest BCUT2D eigenvalue weighted by molar-refractivity contribution is 5.98. The normalized spacial score (nSPS) is 21.9. The molecule has 0 N–H and O–H groups in total. The number of likely N-dealkylation sites (N-methyl/N-ethyl adjacent to an activating group) is 1. The van der Waals surface area contributed by atoms with Gasteiger partial charge in [0.15, 0.2) is 5.60 Å². The summed E-state index contributed by atoms with van der Waals surface area (Å²) in [5, 5.41) is 0.820. The molecule has 0 fully saturated rings. The van der Waals surface area contributed by atoms with E-state index in [-0.39, 0.29) is 0 Å². The van der Waals surface area contributed by atoms with Crippen molar-refractivity contribution in [2.24, 2.45) is 0 Å². The van der Waals surface area contributed by atoms with Crippen LogP contribution in [0.2, 0.25) is 0 Å². The first-order chi connectivity index (χ1) is 15.6. The number of hydrogen-bond donors (Lipinski definition) is 0. The third kappa shape index (κ3) is 3.95. The molecule has 0 unspecified atom stereocenters. The molecule has 8 heteroatoms. The summed E-state index contributed by atoms with van der Waals surface area (Å²) < 4.78 is 18.7. The number of nitrogens with zero attached hydrogens (tertiary/aromatic N) is 2. The van der Waals surface area contributed by atoms with Gasteiger partial charge < -0.3 is 19.1 Å². The molecular weight excluding hydrogens is 436 g/mol. The van der Waals surface area contributed by atoms with Gasteiger partial charge in [-0.05, 0) is 72.6 Å². The van der Waals surface area contributed by atoms with Gasteiger partial charge in [-0.15, -0.1) is 0 Å². The van der Waals surface area contributed by atoms with Gasteiger partial charge in [0.1, 0.15) is 11.2 Å². The van der Waals surface area contributed by atoms with Crippen LogP contribution in [-0.2, 0) is 31.0 Å². The lowest BCUT2D eigenvalue weighted by Crippen LogP contribution is -2.54. The van der Waals surface area contributed by atoms with Crippen LogP contribution in [0.5, 0.6) is 0 Å². The Labute approximate surface area is 199 Å². The van der Waals surface area contributed by atoms with Crippen molar-refractivity contribution in [1.29, 1.82) is 0 Å². The predicted molar refractivity (Wildman–Crippen MR) is 127 cm³/mol. The molecule has 1 aromatic heterocycles. The van der Waals surface area contributed by atoms with E-state index in [4.69, 9.17) is 14.2 Å². The maximum absolute atomic E-state index is 13.0. The number of amides is 1. The Morgan fingerprint density at radius 2 is 1.76 bits per heavy atom. The Kier molecular flexibility index (Phi) is 5.34. The van der Waals surface area contributed by atoms with Crippen molar-refractivity contribution >= 4 is 29.1 Å². The van der Waals surface area contributed by atoms with Crippen molar-refractivity contribution in [3.63, 3.8) is 0 Å². The van der Waals surface area contributed by atoms with Crippen LogP contribution in [0.1, 0.15) is 59.6 Å². The van der Waals surface area contributed by atoms with Gasteiger partial charge in [0, 0.05) is 29.8 Å². The molecule has 2 aliphatic rings. The van der Waals surface area contributed by atoms with Crippen LogP contribution < -0.4 is 0 Å². The Balaban J connectivity index is 1.88. The Hall–Kier alpha value is -3.29. The lowest BCUT2D eigenvalue weighted by molar-refractivity contribution is -0.152. The number of benzene rings is 1. The molecule has 1 spiro atoms. The minimum Gasteiger partial charge on any atom is -0.444 e. The molecule has 2 heterocycles. The number of ether oxygens (including phenoxy) is 3. The average Bonchev–Trinajstić information content (AvgIpc) is 3.20. The van der Waals surface area contributed by atoms with E-state index in [2.05, 4.69) is 0 Å². The largest absolute Gasteiger partial charge is 0.444 e. The highest BCUT2D eigenvalue weighted by Gasteiger charge is 2.53. The second-order valence-corrected chi connectivity index (χ2v) is 11.0. The van der Waals surface area contributed by atoms with E-state index < -0.39 is 41.0 Å². The Bertz CT molecular complexity index is 1230. The first-order valence-electron chi connectivity index (χ1n) is 11.4. The van der Waals surface area contributed by atoms with E-state index in [0.717, 1.165) is 16.5 Å². The first kappa shape index (κ1) is 23.9. The van der Waals surface area contributed by atoms with Crippen LogP contribution in [0.3, 0.4) is 0 Å². The predicted octanol–water partition coefficient (Wildman–Crippen LogP) is 4.91. The van der Waals surface area contributed by atoms with Crippen molar-refractivity contribution < 1.29 is 28.6 Å². The maximum Gasteiger partial charge on any atom is 0.419 e. The van der Waals surface area contributed by atoms with Gasteiger partial charge in [-0.3, -0.25) is 4.57 Å². The molecule has 1 aliphatic carbocycles. The summed E-state index contributed by atoms with van der Waals surface area (Å²) in [6.07, 6.45) is 2.87. The highest BCUT2D eigenvalue weighted by Crippen LogP contribution is 2.48. The SMILES string of the molecule is CC1=C[C@]2(OC1=O)c1cccc3c1c(cn3C(=O)OC(C)(C)C)C[C@H]2N(C)C(=O)OC(C)(C)C. The van der Waals surface area contributed by atoms with Crippen LogP contribution >= 0.6 is 0 Å². The summed E-state index contributed by atoms with van der Waals surface area (Å²) in [6.45, 7) is 12.5. The molecule has 1 aliphatic heterocycles. The third-order valence-corrected chi connectivity index (χ3v) is 5.99. The summed E-state index contributed by atoms with van der Waals surface area (Å²) in [7, 11) is 1.64. The van der Waals surface area contributed by atoms with E-state index >= 15 is 0 Å². The van der Waals surface area contributed by atoms with E-state index in [1.54, 1.807) is 47.0 Å². The van der Waals surface area contributed by atoms with Gasteiger partial charge in [0.25, 0.3) is 0 Å². The number of carbonyl (C=O) groups excluding carboxylic acids is 3. The molecule has 2 aromatic rings. The zero-order valence-corrected chi connectivity index (χ0v) is 21.0. The molecule has 0 bridgehead atoms. The van der Waals surface area contributed by atoms with Crippen LogP contribution in [0.15, 0.2) is 36.0 Å². The van der Waals surface area contributed by atoms with Gasteiger partial charge >= 0.3 is 18.2 Å². The maximum atomic E-state index is 13.0. The van der Waals surface area contributed by atoms with Crippen molar-refractivity contribution in [1.82, 2.24) is 9.47 Å². The summed E-state index contributed by atoms with van der Waals surface area (Å²) in [5.74, 6) is -0.436. The molecule has 1 amide bonds. The molecular formula is C26H32N2O6. The third-order valence-electron chi connectivity index (χ3n) is 5.99. The van der Waals surface area contributed by atoms with Crippen LogP contribution in [0.25, 0.3) is 10.9 Å². The van der Waals surface area contributed by atoms with E-state index in [9.17, 15) is 14.4 Å². The average molecular weight is 469 g/mol. The highest BCUT2D eigenvalue weighted by atomic mass is 16.6. The van der Waals surface area contributed by atoms with Crippen molar-refractivity contribution in [3.05, 3.63) is 47.2 Å². The number of aromatic nitrogens is 1. The molecule has 0 radical (unpaired) electrons. The second kappa shape index (κ2) is 7.61. The number of rotatable bonds is 1. The topological polar surface area (TPSA) is 87.1 Å². The fourth-order valence-electron chi connectivity index (χ4n) is 4.68. The van der Waals surface area contributed by atoms with Gasteiger partial charge in [0.2, 0.25) is 0 Å². The first-order valence-corrected chi connectivity index (χ1v) is 11.4. The van der Waals surface area contributed by atoms with Crippen LogP contribution in [0, 0.1) is 0 Å². The van der Waals surface area contributed by atoms with Crippen LogP contribution in [0.4, 0.5) is 9.59 Å². The smallest absolute Gasteiger partial charge is 0.419 e. The molecule has 2 atom stereocenters. The lowest BCUT2D eigenvalue weighted by Gasteiger charge is -2.43.